The van der Waals surface area contributed by atoms with E-state index >= 15 is 0 Å². The van der Waals surface area contributed by atoms with Crippen molar-refractivity contribution in [2.75, 3.05) is 0 Å². The Morgan fingerprint density at radius 2 is 2.06 bits per heavy atom. The largest absolute Gasteiger partial charge is 0.489 e. The van der Waals surface area contributed by atoms with Crippen molar-refractivity contribution in [3.8, 4) is 5.75 Å². The maximum absolute atomic E-state index is 5.91. The zero-order valence-electron chi connectivity index (χ0n) is 9.30. The second-order valence-electron chi connectivity index (χ2n) is 4.10. The average Bonchev–Trinajstić information content (AvgIpc) is 2.64. The van der Waals surface area contributed by atoms with E-state index in [2.05, 4.69) is 16.0 Å². The van der Waals surface area contributed by atoms with Crippen molar-refractivity contribution in [2.45, 2.75) is 18.9 Å². The number of hydrogen-bond donors (Lipinski definition) is 0. The van der Waals surface area contributed by atoms with Gasteiger partial charge in [-0.05, 0) is 19.1 Å². The van der Waals surface area contributed by atoms with Crippen molar-refractivity contribution in [2.24, 2.45) is 0 Å². The van der Waals surface area contributed by atoms with Gasteiger partial charge in [-0.2, -0.15) is 0 Å². The summed E-state index contributed by atoms with van der Waals surface area (Å²) < 4.78 is 5.81. The summed E-state index contributed by atoms with van der Waals surface area (Å²) in [7, 11) is 0. The first kappa shape index (κ1) is 10.5. The minimum absolute atomic E-state index is 0.0679. The van der Waals surface area contributed by atoms with Crippen LogP contribution >= 0.6 is 11.6 Å². The normalized spacial score (nSPS) is 22.0. The summed E-state index contributed by atoms with van der Waals surface area (Å²) >= 11 is 5.91. The zero-order valence-corrected chi connectivity index (χ0v) is 10.1. The smallest absolute Gasteiger partial charge is 0.132 e. The number of halogens is 1. The molecular weight excluding hydrogens is 236 g/mol. The Morgan fingerprint density at radius 1 is 1.24 bits per heavy atom. The Balaban J connectivity index is 2.09. The summed E-state index contributed by atoms with van der Waals surface area (Å²) in [5, 5.41) is 0.464. The van der Waals surface area contributed by atoms with Gasteiger partial charge >= 0.3 is 0 Å². The van der Waals surface area contributed by atoms with Gasteiger partial charge in [-0.25, -0.2) is 9.97 Å². The second kappa shape index (κ2) is 4.00. The second-order valence-corrected chi connectivity index (χ2v) is 4.49. The third-order valence-electron chi connectivity index (χ3n) is 3.01. The maximum atomic E-state index is 5.91. The van der Waals surface area contributed by atoms with Crippen LogP contribution in [-0.4, -0.2) is 16.1 Å². The molecule has 17 heavy (non-hydrogen) atoms. The van der Waals surface area contributed by atoms with E-state index in [1.807, 2.05) is 25.1 Å². The molecule has 0 bridgehead atoms. The number of rotatable bonds is 1. The highest BCUT2D eigenvalue weighted by Gasteiger charge is 2.33. The van der Waals surface area contributed by atoms with Gasteiger partial charge in [-0.1, -0.05) is 29.8 Å². The Morgan fingerprint density at radius 3 is 2.88 bits per heavy atom. The highest BCUT2D eigenvalue weighted by Crippen LogP contribution is 2.41. The average molecular weight is 247 g/mol. The number of hydrogen-bond acceptors (Lipinski definition) is 3. The number of fused-ring (bicyclic) bond motifs is 1. The van der Waals surface area contributed by atoms with Gasteiger partial charge in [0.1, 0.15) is 23.3 Å². The molecule has 0 saturated carbocycles. The lowest BCUT2D eigenvalue weighted by Crippen LogP contribution is -2.16. The fourth-order valence-electron chi connectivity index (χ4n) is 2.28. The molecule has 1 aromatic carbocycles. The molecule has 0 N–H and O–H groups in total. The summed E-state index contributed by atoms with van der Waals surface area (Å²) in [5.41, 5.74) is 2.07. The molecule has 1 aromatic heterocycles. The molecule has 4 heteroatoms. The first-order chi connectivity index (χ1) is 8.25. The van der Waals surface area contributed by atoms with Gasteiger partial charge in [0.15, 0.2) is 0 Å². The molecule has 0 aliphatic carbocycles. The van der Waals surface area contributed by atoms with E-state index in [4.69, 9.17) is 16.3 Å². The molecule has 3 rings (SSSR count). The van der Waals surface area contributed by atoms with E-state index in [-0.39, 0.29) is 12.0 Å². The summed E-state index contributed by atoms with van der Waals surface area (Å²) in [4.78, 5) is 8.20. The van der Waals surface area contributed by atoms with E-state index in [0.29, 0.717) is 5.15 Å². The van der Waals surface area contributed by atoms with Crippen molar-refractivity contribution in [1.29, 1.82) is 0 Å². The third-order valence-corrected chi connectivity index (χ3v) is 3.22. The lowest BCUT2D eigenvalue weighted by atomic mass is 9.93. The fourth-order valence-corrected chi connectivity index (χ4v) is 2.44. The molecule has 2 unspecified atom stereocenters. The summed E-state index contributed by atoms with van der Waals surface area (Å²) in [6.45, 7) is 2.04. The topological polar surface area (TPSA) is 35.0 Å². The monoisotopic (exact) mass is 246 g/mol. The minimum atomic E-state index is 0.0679. The van der Waals surface area contributed by atoms with Gasteiger partial charge in [-0.15, -0.1) is 0 Å². The van der Waals surface area contributed by atoms with Crippen LogP contribution in [0.15, 0.2) is 36.7 Å². The Labute approximate surface area is 104 Å². The molecule has 2 atom stereocenters. The van der Waals surface area contributed by atoms with Crippen LogP contribution in [-0.2, 0) is 0 Å². The number of ether oxygens (including phenoxy) is 1. The van der Waals surface area contributed by atoms with E-state index in [9.17, 15) is 0 Å². The van der Waals surface area contributed by atoms with Gasteiger partial charge in [-0.3, -0.25) is 0 Å². The quantitative estimate of drug-likeness (QED) is 0.726. The Kier molecular flexibility index (Phi) is 2.48. The highest BCUT2D eigenvalue weighted by atomic mass is 35.5. The van der Waals surface area contributed by atoms with Gasteiger partial charge in [0.25, 0.3) is 0 Å². The molecule has 1 aliphatic heterocycles. The van der Waals surface area contributed by atoms with Crippen molar-refractivity contribution >= 4 is 11.6 Å². The maximum Gasteiger partial charge on any atom is 0.132 e. The summed E-state index contributed by atoms with van der Waals surface area (Å²) in [5.74, 6) is 1.06. The lowest BCUT2D eigenvalue weighted by molar-refractivity contribution is 0.237. The van der Waals surface area contributed by atoms with Gasteiger partial charge in [0.2, 0.25) is 0 Å². The van der Waals surface area contributed by atoms with Crippen molar-refractivity contribution in [3.05, 3.63) is 53.1 Å². The minimum Gasteiger partial charge on any atom is -0.489 e. The predicted molar refractivity (Wildman–Crippen MR) is 65.4 cm³/mol. The van der Waals surface area contributed by atoms with Gasteiger partial charge in [0.05, 0.1) is 11.6 Å². The highest BCUT2D eigenvalue weighted by molar-refractivity contribution is 6.29. The molecule has 0 saturated heterocycles. The number of benzene rings is 1. The fraction of sp³-hybridized carbons (Fsp3) is 0.231. The van der Waals surface area contributed by atoms with Crippen LogP contribution in [0.2, 0.25) is 5.15 Å². The van der Waals surface area contributed by atoms with Crippen LogP contribution in [0.1, 0.15) is 24.1 Å². The van der Waals surface area contributed by atoms with Crippen LogP contribution in [0.4, 0.5) is 0 Å². The van der Waals surface area contributed by atoms with E-state index < -0.39 is 0 Å². The van der Waals surface area contributed by atoms with Crippen molar-refractivity contribution < 1.29 is 4.74 Å². The van der Waals surface area contributed by atoms with Crippen LogP contribution in [0.25, 0.3) is 0 Å². The van der Waals surface area contributed by atoms with Crippen LogP contribution < -0.4 is 4.74 Å². The van der Waals surface area contributed by atoms with Crippen molar-refractivity contribution in [3.63, 3.8) is 0 Å². The molecule has 0 amide bonds. The molecule has 2 aromatic rings. The molecule has 0 spiro atoms. The van der Waals surface area contributed by atoms with E-state index in [1.165, 1.54) is 6.33 Å². The van der Waals surface area contributed by atoms with Crippen LogP contribution in [0.5, 0.6) is 5.75 Å². The Hall–Kier alpha value is -1.61. The number of aromatic nitrogens is 2. The van der Waals surface area contributed by atoms with Gasteiger partial charge < -0.3 is 4.74 Å². The summed E-state index contributed by atoms with van der Waals surface area (Å²) in [6, 6.07) is 9.83. The number of nitrogens with zero attached hydrogens (tertiary/aromatic N) is 2. The van der Waals surface area contributed by atoms with Crippen LogP contribution in [0, 0.1) is 0 Å². The molecule has 0 fully saturated rings. The standard InChI is InChI=1S/C13H11ClN2O/c1-8-13(10-6-12(14)16-7-15-10)9-4-2-3-5-11(9)17-8/h2-8,13H,1H3. The summed E-state index contributed by atoms with van der Waals surface area (Å²) in [6.07, 6.45) is 1.56. The molecule has 0 radical (unpaired) electrons. The Bertz CT molecular complexity index is 559. The molecule has 86 valence electrons. The molecular formula is C13H11ClN2O. The number of para-hydroxylation sites is 1. The SMILES string of the molecule is CC1Oc2ccccc2C1c1cc(Cl)ncn1. The molecule has 2 heterocycles. The lowest BCUT2D eigenvalue weighted by Gasteiger charge is -2.13. The first-order valence-electron chi connectivity index (χ1n) is 5.49. The molecule has 3 nitrogen and oxygen atoms in total. The third kappa shape index (κ3) is 1.76. The molecule has 1 aliphatic rings. The zero-order chi connectivity index (χ0) is 11.8. The predicted octanol–water partition coefficient (Wildman–Crippen LogP) is 3.04. The van der Waals surface area contributed by atoms with E-state index in [0.717, 1.165) is 17.0 Å². The van der Waals surface area contributed by atoms with Gasteiger partial charge in [0, 0.05) is 5.56 Å². The first-order valence-corrected chi connectivity index (χ1v) is 5.86. The van der Waals surface area contributed by atoms with Crippen LogP contribution in [0.3, 0.4) is 0 Å². The van der Waals surface area contributed by atoms with Crippen molar-refractivity contribution in [1.82, 2.24) is 9.97 Å². The van der Waals surface area contributed by atoms with E-state index in [1.54, 1.807) is 6.07 Å².